The number of rotatable bonds is 5. The largest absolute Gasteiger partial charge is 0.342 e. The van der Waals surface area contributed by atoms with Crippen molar-refractivity contribution in [3.05, 3.63) is 66.5 Å². The van der Waals surface area contributed by atoms with Gasteiger partial charge in [-0.25, -0.2) is 14.4 Å². The number of anilines is 4. The highest BCUT2D eigenvalue weighted by atomic mass is 19.1. The van der Waals surface area contributed by atoms with Gasteiger partial charge in [0.25, 0.3) is 0 Å². The highest BCUT2D eigenvalue weighted by Crippen LogP contribution is 2.28. The molecule has 1 atom stereocenters. The smallest absolute Gasteiger partial charge is 0.219 e. The molecule has 7 nitrogen and oxygen atoms in total. The highest BCUT2D eigenvalue weighted by molar-refractivity contribution is 5.73. The minimum atomic E-state index is -0.325. The number of hydrogen-bond acceptors (Lipinski definition) is 6. The van der Waals surface area contributed by atoms with Crippen LogP contribution in [0.3, 0.4) is 0 Å². The molecule has 1 aromatic carbocycles. The molecule has 2 N–H and O–H groups in total. The molecule has 1 aliphatic rings. The van der Waals surface area contributed by atoms with E-state index in [0.29, 0.717) is 29.7 Å². The zero-order valence-corrected chi connectivity index (χ0v) is 16.7. The summed E-state index contributed by atoms with van der Waals surface area (Å²) in [6, 6.07) is 11.7. The van der Waals surface area contributed by atoms with E-state index in [2.05, 4.69) is 20.6 Å². The van der Waals surface area contributed by atoms with Gasteiger partial charge in [-0.2, -0.15) is 0 Å². The van der Waals surface area contributed by atoms with Gasteiger partial charge < -0.3 is 15.5 Å². The van der Waals surface area contributed by atoms with Crippen LogP contribution in [-0.4, -0.2) is 38.8 Å². The van der Waals surface area contributed by atoms with Gasteiger partial charge in [0.05, 0.1) is 0 Å². The van der Waals surface area contributed by atoms with E-state index in [-0.39, 0.29) is 17.6 Å². The number of aromatic nitrogens is 3. The molecule has 3 aromatic rings. The first-order valence-corrected chi connectivity index (χ1v) is 9.91. The van der Waals surface area contributed by atoms with E-state index in [9.17, 15) is 9.18 Å². The Kier molecular flexibility index (Phi) is 5.83. The number of nitrogens with one attached hydrogen (secondary N) is 2. The van der Waals surface area contributed by atoms with E-state index < -0.39 is 0 Å². The second kappa shape index (κ2) is 8.86. The van der Waals surface area contributed by atoms with Crippen LogP contribution < -0.4 is 10.6 Å². The zero-order valence-electron chi connectivity index (χ0n) is 16.7. The summed E-state index contributed by atoms with van der Waals surface area (Å²) in [5.41, 5.74) is 1.45. The van der Waals surface area contributed by atoms with Crippen molar-refractivity contribution in [2.24, 2.45) is 0 Å². The van der Waals surface area contributed by atoms with Crippen molar-refractivity contribution < 1.29 is 9.18 Å². The number of halogens is 1. The molecule has 1 fully saturated rings. The molecule has 8 heteroatoms. The Morgan fingerprint density at radius 1 is 1.07 bits per heavy atom. The SMILES string of the molecule is CC(=O)N1CCCC(c2nc(Nc3ccncc3)cc(Nc3cccc(F)c3)n2)C1. The van der Waals surface area contributed by atoms with Gasteiger partial charge in [-0.15, -0.1) is 0 Å². The number of benzene rings is 1. The van der Waals surface area contributed by atoms with Crippen molar-refractivity contribution in [3.8, 4) is 0 Å². The van der Waals surface area contributed by atoms with Gasteiger partial charge in [0.15, 0.2) is 0 Å². The molecule has 30 heavy (non-hydrogen) atoms. The quantitative estimate of drug-likeness (QED) is 0.660. The van der Waals surface area contributed by atoms with Crippen molar-refractivity contribution >= 4 is 28.9 Å². The topological polar surface area (TPSA) is 83.0 Å². The molecule has 2 aromatic heterocycles. The highest BCUT2D eigenvalue weighted by Gasteiger charge is 2.25. The molecule has 3 heterocycles. The van der Waals surface area contributed by atoms with Crippen LogP contribution in [-0.2, 0) is 4.79 Å². The molecule has 1 aliphatic heterocycles. The van der Waals surface area contributed by atoms with Gasteiger partial charge in [-0.05, 0) is 43.2 Å². The number of nitrogens with zero attached hydrogens (tertiary/aromatic N) is 4. The summed E-state index contributed by atoms with van der Waals surface area (Å²) in [5.74, 6) is 1.60. The Labute approximate surface area is 174 Å². The number of pyridine rings is 1. The zero-order chi connectivity index (χ0) is 20.9. The summed E-state index contributed by atoms with van der Waals surface area (Å²) >= 11 is 0. The van der Waals surface area contributed by atoms with E-state index in [1.54, 1.807) is 37.5 Å². The molecule has 0 aliphatic carbocycles. The van der Waals surface area contributed by atoms with E-state index in [4.69, 9.17) is 4.98 Å². The summed E-state index contributed by atoms with van der Waals surface area (Å²) in [5, 5.41) is 6.43. The van der Waals surface area contributed by atoms with Gasteiger partial charge in [-0.3, -0.25) is 9.78 Å². The third kappa shape index (κ3) is 4.89. The van der Waals surface area contributed by atoms with E-state index in [1.807, 2.05) is 17.0 Å². The molecule has 0 bridgehead atoms. The first-order valence-electron chi connectivity index (χ1n) is 9.91. The predicted molar refractivity (Wildman–Crippen MR) is 113 cm³/mol. The van der Waals surface area contributed by atoms with Crippen molar-refractivity contribution in [3.63, 3.8) is 0 Å². The Bertz CT molecular complexity index is 1030. The molecule has 154 valence electrons. The van der Waals surface area contributed by atoms with Crippen LogP contribution in [0, 0.1) is 5.82 Å². The lowest BCUT2D eigenvalue weighted by atomic mass is 9.97. The Hall–Kier alpha value is -3.55. The fourth-order valence-electron chi connectivity index (χ4n) is 3.55. The number of carbonyl (C=O) groups is 1. The maximum Gasteiger partial charge on any atom is 0.219 e. The lowest BCUT2D eigenvalue weighted by Gasteiger charge is -2.31. The van der Waals surface area contributed by atoms with E-state index in [0.717, 1.165) is 25.1 Å². The van der Waals surface area contributed by atoms with Crippen LogP contribution in [0.5, 0.6) is 0 Å². The molecular weight excluding hydrogens is 383 g/mol. The average molecular weight is 406 g/mol. The van der Waals surface area contributed by atoms with Crippen molar-refractivity contribution in [2.45, 2.75) is 25.7 Å². The van der Waals surface area contributed by atoms with Gasteiger partial charge in [0.1, 0.15) is 23.3 Å². The summed E-state index contributed by atoms with van der Waals surface area (Å²) in [7, 11) is 0. The van der Waals surface area contributed by atoms with Crippen molar-refractivity contribution in [1.82, 2.24) is 19.9 Å². The average Bonchev–Trinajstić information content (AvgIpc) is 2.74. The first-order chi connectivity index (χ1) is 14.6. The molecule has 0 spiro atoms. The number of likely N-dealkylation sites (tertiary alicyclic amines) is 1. The summed E-state index contributed by atoms with van der Waals surface area (Å²) in [6.07, 6.45) is 5.20. The predicted octanol–water partition coefficient (Wildman–Crippen LogP) is 4.22. The molecular formula is C22H23FN6O. The van der Waals surface area contributed by atoms with Gasteiger partial charge in [0.2, 0.25) is 5.91 Å². The molecule has 0 saturated carbocycles. The Balaban J connectivity index is 1.65. The van der Waals surface area contributed by atoms with Gasteiger partial charge in [-0.1, -0.05) is 6.07 Å². The second-order valence-electron chi connectivity index (χ2n) is 7.30. The van der Waals surface area contributed by atoms with Gasteiger partial charge >= 0.3 is 0 Å². The lowest BCUT2D eigenvalue weighted by molar-refractivity contribution is -0.130. The van der Waals surface area contributed by atoms with E-state index >= 15 is 0 Å². The minimum absolute atomic E-state index is 0.0369. The lowest BCUT2D eigenvalue weighted by Crippen LogP contribution is -2.38. The van der Waals surface area contributed by atoms with Crippen LogP contribution in [0.4, 0.5) is 27.4 Å². The monoisotopic (exact) mass is 406 g/mol. The molecule has 0 radical (unpaired) electrons. The maximum absolute atomic E-state index is 13.6. The van der Waals surface area contributed by atoms with Crippen LogP contribution in [0.2, 0.25) is 0 Å². The number of hydrogen-bond donors (Lipinski definition) is 2. The van der Waals surface area contributed by atoms with Crippen LogP contribution in [0.15, 0.2) is 54.9 Å². The van der Waals surface area contributed by atoms with Crippen molar-refractivity contribution in [2.75, 3.05) is 23.7 Å². The third-order valence-electron chi connectivity index (χ3n) is 5.03. The summed E-state index contributed by atoms with van der Waals surface area (Å²) < 4.78 is 13.6. The number of carbonyl (C=O) groups excluding carboxylic acids is 1. The normalized spacial score (nSPS) is 16.2. The summed E-state index contributed by atoms with van der Waals surface area (Å²) in [6.45, 7) is 2.93. The number of amides is 1. The first kappa shape index (κ1) is 19.8. The third-order valence-corrected chi connectivity index (χ3v) is 5.03. The Morgan fingerprint density at radius 3 is 2.50 bits per heavy atom. The van der Waals surface area contributed by atoms with Gasteiger partial charge in [0, 0.05) is 55.8 Å². The van der Waals surface area contributed by atoms with Crippen LogP contribution in [0.1, 0.15) is 31.5 Å². The fourth-order valence-corrected chi connectivity index (χ4v) is 3.55. The van der Waals surface area contributed by atoms with Crippen LogP contribution in [0.25, 0.3) is 0 Å². The van der Waals surface area contributed by atoms with Crippen molar-refractivity contribution in [1.29, 1.82) is 0 Å². The Morgan fingerprint density at radius 2 is 1.80 bits per heavy atom. The molecule has 1 saturated heterocycles. The van der Waals surface area contributed by atoms with E-state index in [1.165, 1.54) is 12.1 Å². The summed E-state index contributed by atoms with van der Waals surface area (Å²) in [4.78, 5) is 27.1. The maximum atomic E-state index is 13.6. The fraction of sp³-hybridized carbons (Fsp3) is 0.273. The molecule has 4 rings (SSSR count). The molecule has 1 amide bonds. The van der Waals surface area contributed by atoms with Crippen LogP contribution >= 0.6 is 0 Å². The second-order valence-corrected chi connectivity index (χ2v) is 7.30. The standard InChI is InChI=1S/C22H23FN6O/c1-15(30)29-11-3-4-16(14-29)22-27-20(25-18-7-9-24-10-8-18)13-21(28-22)26-19-6-2-5-17(23)12-19/h2,5-10,12-13,16H,3-4,11,14H2,1H3,(H2,24,25,26,27,28). The minimum Gasteiger partial charge on any atom is -0.342 e. The molecule has 1 unspecified atom stereocenters. The number of piperidine rings is 1.